The smallest absolute Gasteiger partial charge is 0.269 e. The van der Waals surface area contributed by atoms with Gasteiger partial charge in [0.1, 0.15) is 11.3 Å². The van der Waals surface area contributed by atoms with Gasteiger partial charge in [0.25, 0.3) is 15.9 Å². The van der Waals surface area contributed by atoms with Gasteiger partial charge in [-0.15, -0.1) is 6.58 Å². The summed E-state index contributed by atoms with van der Waals surface area (Å²) in [5.41, 5.74) is 2.07. The maximum Gasteiger partial charge on any atom is 0.269 e. The van der Waals surface area contributed by atoms with Gasteiger partial charge in [0, 0.05) is 48.5 Å². The van der Waals surface area contributed by atoms with E-state index < -0.39 is 15.8 Å². The Bertz CT molecular complexity index is 1850. The molecular formula is C28H22ClFN4O3S. The first-order valence-corrected chi connectivity index (χ1v) is 13.4. The summed E-state index contributed by atoms with van der Waals surface area (Å²) in [7, 11) is -2.45. The van der Waals surface area contributed by atoms with Crippen LogP contribution in [0.15, 0.2) is 84.7 Å². The van der Waals surface area contributed by atoms with Crippen molar-refractivity contribution in [3.05, 3.63) is 102 Å². The number of rotatable bonds is 6. The third-order valence-electron chi connectivity index (χ3n) is 6.24. The minimum absolute atomic E-state index is 0.0659. The Kier molecular flexibility index (Phi) is 6.50. The fourth-order valence-electron chi connectivity index (χ4n) is 4.27. The van der Waals surface area contributed by atoms with Gasteiger partial charge in [0.2, 0.25) is 0 Å². The van der Waals surface area contributed by atoms with Gasteiger partial charge in [-0.1, -0.05) is 35.4 Å². The average molecular weight is 549 g/mol. The molecular weight excluding hydrogens is 527 g/mol. The van der Waals surface area contributed by atoms with Crippen molar-refractivity contribution < 1.29 is 17.6 Å². The standard InChI is InChI=1S/C28H22ClFN4O3S/c1-4-11-33(3)28(35)19-13-21-23(18-12-22-24(29)9-10-31-26(22)25(30)14-18)16-34(27(21)32-15-19)38(36,37)20-7-5-17(2)6-8-20/h4-10,12-16H,1,11H2,2-3H3. The number of aromatic nitrogens is 3. The van der Waals surface area contributed by atoms with Crippen molar-refractivity contribution in [3.63, 3.8) is 0 Å². The molecule has 0 saturated carbocycles. The zero-order chi connectivity index (χ0) is 27.2. The highest BCUT2D eigenvalue weighted by Crippen LogP contribution is 2.36. The average Bonchev–Trinajstić information content (AvgIpc) is 3.29. The van der Waals surface area contributed by atoms with Crippen LogP contribution in [0.3, 0.4) is 0 Å². The summed E-state index contributed by atoms with van der Waals surface area (Å²) in [6.45, 7) is 5.83. The maximum absolute atomic E-state index is 15.1. The van der Waals surface area contributed by atoms with E-state index in [0.717, 1.165) is 9.54 Å². The van der Waals surface area contributed by atoms with E-state index in [-0.39, 0.29) is 27.5 Å². The molecule has 0 bridgehead atoms. The molecule has 192 valence electrons. The first kappa shape index (κ1) is 25.6. The summed E-state index contributed by atoms with van der Waals surface area (Å²) in [6, 6.07) is 12.4. The third kappa shape index (κ3) is 4.33. The van der Waals surface area contributed by atoms with E-state index in [1.54, 1.807) is 43.5 Å². The van der Waals surface area contributed by atoms with Crippen molar-refractivity contribution in [3.8, 4) is 11.1 Å². The van der Waals surface area contributed by atoms with Gasteiger partial charge in [-0.25, -0.2) is 21.8 Å². The van der Waals surface area contributed by atoms with E-state index in [1.807, 2.05) is 6.92 Å². The van der Waals surface area contributed by atoms with E-state index in [1.165, 1.54) is 41.7 Å². The molecule has 7 nitrogen and oxygen atoms in total. The lowest BCUT2D eigenvalue weighted by molar-refractivity contribution is 0.0810. The van der Waals surface area contributed by atoms with Crippen LogP contribution in [0.25, 0.3) is 33.1 Å². The van der Waals surface area contributed by atoms with Crippen molar-refractivity contribution in [1.82, 2.24) is 18.8 Å². The number of benzene rings is 2. The van der Waals surface area contributed by atoms with Crippen LogP contribution < -0.4 is 0 Å². The first-order valence-electron chi connectivity index (χ1n) is 11.6. The monoisotopic (exact) mass is 548 g/mol. The van der Waals surface area contributed by atoms with E-state index >= 15 is 4.39 Å². The van der Waals surface area contributed by atoms with Crippen molar-refractivity contribution in [2.24, 2.45) is 0 Å². The predicted molar refractivity (Wildman–Crippen MR) is 146 cm³/mol. The van der Waals surface area contributed by atoms with Crippen LogP contribution >= 0.6 is 11.6 Å². The maximum atomic E-state index is 15.1. The quantitative estimate of drug-likeness (QED) is 0.249. The Morgan fingerprint density at radius 2 is 1.87 bits per heavy atom. The van der Waals surface area contributed by atoms with Gasteiger partial charge >= 0.3 is 0 Å². The number of carbonyl (C=O) groups is 1. The highest BCUT2D eigenvalue weighted by Gasteiger charge is 2.25. The molecule has 0 N–H and O–H groups in total. The number of hydrogen-bond acceptors (Lipinski definition) is 5. The van der Waals surface area contributed by atoms with Gasteiger partial charge in [0.15, 0.2) is 5.65 Å². The van der Waals surface area contributed by atoms with Gasteiger partial charge in [-0.2, -0.15) is 0 Å². The van der Waals surface area contributed by atoms with Gasteiger partial charge in [0.05, 0.1) is 15.5 Å². The lowest BCUT2D eigenvalue weighted by atomic mass is 10.0. The molecule has 5 aromatic rings. The fourth-order valence-corrected chi connectivity index (χ4v) is 5.79. The molecule has 2 aromatic carbocycles. The lowest BCUT2D eigenvalue weighted by Crippen LogP contribution is -2.26. The Morgan fingerprint density at radius 3 is 2.58 bits per heavy atom. The number of nitrogens with zero attached hydrogens (tertiary/aromatic N) is 4. The molecule has 5 rings (SSSR count). The van der Waals surface area contributed by atoms with Crippen molar-refractivity contribution in [1.29, 1.82) is 0 Å². The SMILES string of the molecule is C=CCN(C)C(=O)c1cnc2c(c1)c(-c1cc(F)c3nccc(Cl)c3c1)cn2S(=O)(=O)c1ccc(C)cc1. The summed E-state index contributed by atoms with van der Waals surface area (Å²) in [5.74, 6) is -0.940. The van der Waals surface area contributed by atoms with Crippen LogP contribution in [-0.4, -0.2) is 46.8 Å². The number of carbonyl (C=O) groups excluding carboxylic acids is 1. The number of hydrogen-bond donors (Lipinski definition) is 0. The molecule has 0 atom stereocenters. The van der Waals surface area contributed by atoms with E-state index in [2.05, 4.69) is 16.5 Å². The molecule has 3 aromatic heterocycles. The topological polar surface area (TPSA) is 85.2 Å². The number of fused-ring (bicyclic) bond motifs is 2. The number of likely N-dealkylation sites (N-methyl/N-ethyl adjacent to an activating group) is 1. The Labute approximate surface area is 223 Å². The molecule has 0 spiro atoms. The molecule has 0 aliphatic heterocycles. The number of aryl methyl sites for hydroxylation is 1. The zero-order valence-corrected chi connectivity index (χ0v) is 22.1. The third-order valence-corrected chi connectivity index (χ3v) is 8.24. The van der Waals surface area contributed by atoms with Gasteiger partial charge in [-0.3, -0.25) is 9.78 Å². The molecule has 10 heteroatoms. The van der Waals surface area contributed by atoms with Crippen LogP contribution in [0.1, 0.15) is 15.9 Å². The van der Waals surface area contributed by atoms with Crippen LogP contribution in [0, 0.1) is 12.7 Å². The van der Waals surface area contributed by atoms with Gasteiger partial charge < -0.3 is 4.90 Å². The molecule has 0 radical (unpaired) electrons. The minimum Gasteiger partial charge on any atom is -0.338 e. The van der Waals surface area contributed by atoms with E-state index in [4.69, 9.17) is 11.6 Å². The van der Waals surface area contributed by atoms with E-state index in [0.29, 0.717) is 33.5 Å². The van der Waals surface area contributed by atoms with Crippen molar-refractivity contribution in [2.45, 2.75) is 11.8 Å². The first-order chi connectivity index (χ1) is 18.1. The normalized spacial score (nSPS) is 11.7. The Morgan fingerprint density at radius 1 is 1.13 bits per heavy atom. The fraction of sp³-hybridized carbons (Fsp3) is 0.107. The van der Waals surface area contributed by atoms with Crippen molar-refractivity contribution in [2.75, 3.05) is 13.6 Å². The summed E-state index contributed by atoms with van der Waals surface area (Å²) in [6.07, 6.45) is 5.72. The van der Waals surface area contributed by atoms with Crippen LogP contribution in [0.5, 0.6) is 0 Å². The molecule has 38 heavy (non-hydrogen) atoms. The predicted octanol–water partition coefficient (Wildman–Crippen LogP) is 5.85. The summed E-state index contributed by atoms with van der Waals surface area (Å²) < 4.78 is 43.5. The number of pyridine rings is 2. The second kappa shape index (κ2) is 9.66. The lowest BCUT2D eigenvalue weighted by Gasteiger charge is -2.14. The molecule has 0 aliphatic carbocycles. The molecule has 3 heterocycles. The largest absolute Gasteiger partial charge is 0.338 e. The second-order valence-corrected chi connectivity index (χ2v) is 11.1. The number of amides is 1. The number of halogens is 2. The Balaban J connectivity index is 1.79. The van der Waals surface area contributed by atoms with Crippen LogP contribution in [-0.2, 0) is 10.0 Å². The van der Waals surface area contributed by atoms with E-state index in [9.17, 15) is 13.2 Å². The van der Waals surface area contributed by atoms with Crippen LogP contribution in [0.4, 0.5) is 4.39 Å². The Hall–Kier alpha value is -4.08. The zero-order valence-electron chi connectivity index (χ0n) is 20.5. The molecule has 0 aliphatic rings. The van der Waals surface area contributed by atoms with Gasteiger partial charge in [-0.05, 0) is 48.9 Å². The second-order valence-electron chi connectivity index (χ2n) is 8.87. The molecule has 0 fully saturated rings. The molecule has 1 amide bonds. The summed E-state index contributed by atoms with van der Waals surface area (Å²) in [5, 5.41) is 1.03. The summed E-state index contributed by atoms with van der Waals surface area (Å²) >= 11 is 6.33. The summed E-state index contributed by atoms with van der Waals surface area (Å²) in [4.78, 5) is 23.0. The minimum atomic E-state index is -4.07. The van der Waals surface area contributed by atoms with Crippen molar-refractivity contribution >= 4 is 49.5 Å². The highest BCUT2D eigenvalue weighted by molar-refractivity contribution is 7.90. The van der Waals surface area contributed by atoms with Crippen LogP contribution in [0.2, 0.25) is 5.02 Å². The molecule has 0 saturated heterocycles. The molecule has 0 unspecified atom stereocenters. The highest BCUT2D eigenvalue weighted by atomic mass is 35.5.